The number of nitrogens with one attached hydrogen (secondary N) is 2. The largest absolute Gasteiger partial charge is 0.422 e. The molecular weight excluding hydrogens is 411 g/mol. The fourth-order valence-electron chi connectivity index (χ4n) is 2.03. The number of nitrogens with zero attached hydrogens (tertiary/aromatic N) is 2. The minimum absolute atomic E-state index is 0.142. The molecule has 3 rings (SSSR count). The number of rotatable bonds is 5. The molecular formula is C17H12Cl2N4O3S. The first kappa shape index (κ1) is 19.1. The molecule has 3 aromatic rings. The molecule has 2 amide bonds. The molecule has 0 unspecified atom stereocenters. The second-order valence-electron chi connectivity index (χ2n) is 5.26. The first-order chi connectivity index (χ1) is 13.0. The van der Waals surface area contributed by atoms with Crippen LogP contribution in [0.15, 0.2) is 47.8 Å². The Hall–Kier alpha value is -2.68. The van der Waals surface area contributed by atoms with Gasteiger partial charge in [-0.25, -0.2) is 9.59 Å². The maximum absolute atomic E-state index is 12.0. The van der Waals surface area contributed by atoms with E-state index in [1.165, 1.54) is 5.38 Å². The number of carbonyl (C=O) groups excluding carboxylic acids is 2. The molecule has 2 N–H and O–H groups in total. The number of benzene rings is 2. The SMILES string of the molecule is O=C(NCc1ccc(Cl)c(Cl)c1)Nc1ccc(OC(=O)c2csnn2)cc1. The molecule has 0 bridgehead atoms. The van der Waals surface area contributed by atoms with Crippen LogP contribution in [-0.2, 0) is 6.54 Å². The van der Waals surface area contributed by atoms with Crippen molar-refractivity contribution in [2.75, 3.05) is 5.32 Å². The Kier molecular flexibility index (Phi) is 6.23. The molecule has 7 nitrogen and oxygen atoms in total. The highest BCUT2D eigenvalue weighted by molar-refractivity contribution is 7.03. The van der Waals surface area contributed by atoms with Gasteiger partial charge in [-0.2, -0.15) is 0 Å². The van der Waals surface area contributed by atoms with Gasteiger partial charge in [-0.1, -0.05) is 33.8 Å². The van der Waals surface area contributed by atoms with E-state index in [4.69, 9.17) is 27.9 Å². The van der Waals surface area contributed by atoms with Crippen molar-refractivity contribution in [3.05, 3.63) is 69.1 Å². The van der Waals surface area contributed by atoms with Gasteiger partial charge in [0.25, 0.3) is 0 Å². The number of esters is 1. The van der Waals surface area contributed by atoms with Crippen LogP contribution in [0.1, 0.15) is 16.1 Å². The van der Waals surface area contributed by atoms with Crippen LogP contribution >= 0.6 is 34.7 Å². The maximum atomic E-state index is 12.0. The van der Waals surface area contributed by atoms with E-state index >= 15 is 0 Å². The van der Waals surface area contributed by atoms with Gasteiger partial charge < -0.3 is 15.4 Å². The van der Waals surface area contributed by atoms with Crippen LogP contribution in [0.2, 0.25) is 10.0 Å². The van der Waals surface area contributed by atoms with Gasteiger partial charge in [0.15, 0.2) is 5.69 Å². The minimum Gasteiger partial charge on any atom is -0.422 e. The van der Waals surface area contributed by atoms with Crippen LogP contribution in [0.3, 0.4) is 0 Å². The third-order valence-corrected chi connectivity index (χ3v) is 4.57. The van der Waals surface area contributed by atoms with Crippen LogP contribution in [0, 0.1) is 0 Å². The number of amides is 2. The summed E-state index contributed by atoms with van der Waals surface area (Å²) in [5.41, 5.74) is 1.50. The average molecular weight is 423 g/mol. The van der Waals surface area contributed by atoms with E-state index in [1.54, 1.807) is 42.5 Å². The van der Waals surface area contributed by atoms with Gasteiger partial charge in [-0.05, 0) is 53.5 Å². The quantitative estimate of drug-likeness (QED) is 0.469. The van der Waals surface area contributed by atoms with Crippen LogP contribution in [0.5, 0.6) is 5.75 Å². The number of carbonyl (C=O) groups is 2. The first-order valence-corrected chi connectivity index (χ1v) is 9.18. The van der Waals surface area contributed by atoms with Crippen molar-refractivity contribution in [1.82, 2.24) is 14.9 Å². The van der Waals surface area contributed by atoms with Crippen molar-refractivity contribution in [2.24, 2.45) is 0 Å². The summed E-state index contributed by atoms with van der Waals surface area (Å²) < 4.78 is 8.76. The Balaban J connectivity index is 1.50. The number of halogens is 2. The van der Waals surface area contributed by atoms with E-state index in [0.29, 0.717) is 28.0 Å². The Morgan fingerprint density at radius 3 is 2.52 bits per heavy atom. The van der Waals surface area contributed by atoms with Crippen molar-refractivity contribution >= 4 is 52.4 Å². The summed E-state index contributed by atoms with van der Waals surface area (Å²) in [4.78, 5) is 23.8. The number of hydrogen-bond acceptors (Lipinski definition) is 6. The van der Waals surface area contributed by atoms with Crippen molar-refractivity contribution in [3.8, 4) is 5.75 Å². The molecule has 1 heterocycles. The van der Waals surface area contributed by atoms with E-state index in [9.17, 15) is 9.59 Å². The molecule has 0 radical (unpaired) electrons. The average Bonchev–Trinajstić information content (AvgIpc) is 3.19. The smallest absolute Gasteiger partial charge is 0.365 e. The highest BCUT2D eigenvalue weighted by Gasteiger charge is 2.11. The Morgan fingerprint density at radius 2 is 1.85 bits per heavy atom. The van der Waals surface area contributed by atoms with Crippen molar-refractivity contribution in [3.63, 3.8) is 0 Å². The van der Waals surface area contributed by atoms with Gasteiger partial charge in [0, 0.05) is 17.6 Å². The zero-order valence-electron chi connectivity index (χ0n) is 13.6. The van der Waals surface area contributed by atoms with E-state index in [0.717, 1.165) is 17.1 Å². The Labute approximate surface area is 168 Å². The number of urea groups is 1. The summed E-state index contributed by atoms with van der Waals surface area (Å²) in [5.74, 6) is -0.265. The van der Waals surface area contributed by atoms with Crippen molar-refractivity contribution in [1.29, 1.82) is 0 Å². The van der Waals surface area contributed by atoms with E-state index < -0.39 is 5.97 Å². The lowest BCUT2D eigenvalue weighted by Crippen LogP contribution is -2.28. The fraction of sp³-hybridized carbons (Fsp3) is 0.0588. The second kappa shape index (κ2) is 8.81. The summed E-state index contributed by atoms with van der Waals surface area (Å²) in [6, 6.07) is 11.1. The normalized spacial score (nSPS) is 10.3. The molecule has 0 atom stereocenters. The zero-order chi connectivity index (χ0) is 19.2. The summed E-state index contributed by atoms with van der Waals surface area (Å²) >= 11 is 12.9. The fourth-order valence-corrected chi connectivity index (χ4v) is 2.77. The van der Waals surface area contributed by atoms with Gasteiger partial charge in [0.05, 0.1) is 10.0 Å². The number of aromatic nitrogens is 2. The van der Waals surface area contributed by atoms with Crippen LogP contribution < -0.4 is 15.4 Å². The molecule has 138 valence electrons. The minimum atomic E-state index is -0.594. The molecule has 0 fully saturated rings. The first-order valence-electron chi connectivity index (χ1n) is 7.59. The van der Waals surface area contributed by atoms with E-state index in [1.807, 2.05) is 0 Å². The van der Waals surface area contributed by atoms with Gasteiger partial charge >= 0.3 is 12.0 Å². The molecule has 0 aliphatic rings. The second-order valence-corrected chi connectivity index (χ2v) is 6.68. The topological polar surface area (TPSA) is 93.2 Å². The standard InChI is InChI=1S/C17H12Cl2N4O3S/c18-13-6-1-10(7-14(13)19)8-20-17(25)21-11-2-4-12(5-3-11)26-16(24)15-9-27-23-22-15/h1-7,9H,8H2,(H2,20,21,25). The zero-order valence-corrected chi connectivity index (χ0v) is 15.9. The Morgan fingerprint density at radius 1 is 1.07 bits per heavy atom. The highest BCUT2D eigenvalue weighted by Crippen LogP contribution is 2.22. The third-order valence-electron chi connectivity index (χ3n) is 3.33. The monoisotopic (exact) mass is 422 g/mol. The van der Waals surface area contributed by atoms with Gasteiger partial charge in [-0.3, -0.25) is 0 Å². The molecule has 27 heavy (non-hydrogen) atoms. The van der Waals surface area contributed by atoms with Gasteiger partial charge in [-0.15, -0.1) is 5.10 Å². The summed E-state index contributed by atoms with van der Waals surface area (Å²) in [6.45, 7) is 0.292. The summed E-state index contributed by atoms with van der Waals surface area (Å²) in [5, 5.41) is 11.4. The van der Waals surface area contributed by atoms with Crippen molar-refractivity contribution < 1.29 is 14.3 Å². The number of anilines is 1. The van der Waals surface area contributed by atoms with E-state index in [-0.39, 0.29) is 11.7 Å². The van der Waals surface area contributed by atoms with E-state index in [2.05, 4.69) is 20.2 Å². The van der Waals surface area contributed by atoms with Crippen LogP contribution in [0.25, 0.3) is 0 Å². The number of ether oxygens (including phenoxy) is 1. The molecule has 2 aromatic carbocycles. The lowest BCUT2D eigenvalue weighted by Gasteiger charge is -2.09. The van der Waals surface area contributed by atoms with Gasteiger partial charge in [0.2, 0.25) is 0 Å². The molecule has 1 aromatic heterocycles. The predicted molar refractivity (Wildman–Crippen MR) is 104 cm³/mol. The van der Waals surface area contributed by atoms with Crippen molar-refractivity contribution in [2.45, 2.75) is 6.54 Å². The lowest BCUT2D eigenvalue weighted by molar-refractivity contribution is 0.0728. The maximum Gasteiger partial charge on any atom is 0.365 e. The lowest BCUT2D eigenvalue weighted by atomic mass is 10.2. The number of hydrogen-bond donors (Lipinski definition) is 2. The Bertz CT molecular complexity index is 949. The highest BCUT2D eigenvalue weighted by atomic mass is 35.5. The summed E-state index contributed by atoms with van der Waals surface area (Å²) in [6.07, 6.45) is 0. The molecule has 0 saturated heterocycles. The molecule has 0 saturated carbocycles. The molecule has 10 heteroatoms. The molecule has 0 aliphatic heterocycles. The predicted octanol–water partition coefficient (Wildman–Crippen LogP) is 4.39. The van der Waals surface area contributed by atoms with Crippen LogP contribution in [0.4, 0.5) is 10.5 Å². The molecule has 0 aliphatic carbocycles. The summed E-state index contributed by atoms with van der Waals surface area (Å²) in [7, 11) is 0. The van der Waals surface area contributed by atoms with Gasteiger partial charge in [0.1, 0.15) is 5.75 Å². The third kappa shape index (κ3) is 5.40. The molecule has 0 spiro atoms. The van der Waals surface area contributed by atoms with Crippen LogP contribution in [-0.4, -0.2) is 21.6 Å².